The van der Waals surface area contributed by atoms with E-state index in [0.29, 0.717) is 13.1 Å². The van der Waals surface area contributed by atoms with Crippen LogP contribution < -0.4 is 10.2 Å². The van der Waals surface area contributed by atoms with Gasteiger partial charge in [-0.15, -0.1) is 0 Å². The van der Waals surface area contributed by atoms with Gasteiger partial charge >= 0.3 is 0 Å². The molecule has 0 aliphatic heterocycles. The molecule has 0 radical (unpaired) electrons. The van der Waals surface area contributed by atoms with E-state index >= 15 is 0 Å². The molecule has 0 atom stereocenters. The summed E-state index contributed by atoms with van der Waals surface area (Å²) in [4.78, 5) is 13.4. The van der Waals surface area contributed by atoms with Crippen LogP contribution in [0.2, 0.25) is 0 Å². The number of hydrogen-bond acceptors (Lipinski definition) is 5. The molecule has 0 saturated carbocycles. The highest BCUT2D eigenvalue weighted by Crippen LogP contribution is 2.13. The van der Waals surface area contributed by atoms with E-state index in [9.17, 15) is 0 Å². The number of H-pyrrole nitrogens is 1. The van der Waals surface area contributed by atoms with Crippen LogP contribution in [0, 0.1) is 0 Å². The molecule has 0 unspecified atom stereocenters. The fraction of sp³-hybridized carbons (Fsp3) is 0.333. The maximum Gasteiger partial charge on any atom is 0.126 e. The van der Waals surface area contributed by atoms with Gasteiger partial charge in [0.25, 0.3) is 0 Å². The van der Waals surface area contributed by atoms with Crippen LogP contribution in [0.1, 0.15) is 5.82 Å². The second kappa shape index (κ2) is 6.02. The monoisotopic (exact) mass is 247 g/mol. The number of nitrogens with one attached hydrogen (secondary N) is 2. The van der Waals surface area contributed by atoms with Crippen LogP contribution in [0.3, 0.4) is 0 Å². The van der Waals surface area contributed by atoms with Gasteiger partial charge in [-0.25, -0.2) is 9.97 Å². The number of likely N-dealkylation sites (N-methyl/N-ethyl adjacent to an activating group) is 1. The molecule has 2 rings (SSSR count). The molecule has 18 heavy (non-hydrogen) atoms. The van der Waals surface area contributed by atoms with Crippen molar-refractivity contribution in [2.24, 2.45) is 0 Å². The number of aliphatic hydroxyl groups is 1. The van der Waals surface area contributed by atoms with E-state index in [4.69, 9.17) is 5.11 Å². The quantitative estimate of drug-likeness (QED) is 0.705. The summed E-state index contributed by atoms with van der Waals surface area (Å²) >= 11 is 0. The van der Waals surface area contributed by atoms with Crippen molar-refractivity contribution in [1.82, 2.24) is 15.0 Å². The van der Waals surface area contributed by atoms with E-state index in [1.54, 1.807) is 18.6 Å². The van der Waals surface area contributed by atoms with Crippen molar-refractivity contribution in [2.45, 2.75) is 6.54 Å². The predicted octanol–water partition coefficient (Wildman–Crippen LogP) is 0.845. The summed E-state index contributed by atoms with van der Waals surface area (Å²) in [6.45, 7) is 1.35. The maximum absolute atomic E-state index is 8.86. The van der Waals surface area contributed by atoms with Gasteiger partial charge in [0.05, 0.1) is 25.0 Å². The summed E-state index contributed by atoms with van der Waals surface area (Å²) < 4.78 is 0. The standard InChI is InChI=1S/C12H17N5O/c1-17(6-7-18)10-2-3-11(15-8-10)16-9-12-13-4-5-14-12/h2-5,8,18H,6-7,9H2,1H3,(H,13,14)(H,15,16). The molecule has 0 bridgehead atoms. The van der Waals surface area contributed by atoms with Crippen molar-refractivity contribution in [3.05, 3.63) is 36.5 Å². The summed E-state index contributed by atoms with van der Waals surface area (Å²) in [7, 11) is 1.92. The Labute approximate surface area is 106 Å². The van der Waals surface area contributed by atoms with Gasteiger partial charge in [0.1, 0.15) is 11.6 Å². The largest absolute Gasteiger partial charge is 0.395 e. The third kappa shape index (κ3) is 3.21. The van der Waals surface area contributed by atoms with E-state index in [0.717, 1.165) is 17.3 Å². The van der Waals surface area contributed by atoms with Gasteiger partial charge in [0, 0.05) is 26.0 Å². The van der Waals surface area contributed by atoms with E-state index in [-0.39, 0.29) is 6.61 Å². The molecule has 2 aromatic rings. The Hall–Kier alpha value is -2.08. The van der Waals surface area contributed by atoms with Crippen molar-refractivity contribution < 1.29 is 5.11 Å². The van der Waals surface area contributed by atoms with E-state index < -0.39 is 0 Å². The Morgan fingerprint density at radius 2 is 2.28 bits per heavy atom. The molecule has 3 N–H and O–H groups in total. The molecule has 96 valence electrons. The second-order valence-corrected chi connectivity index (χ2v) is 3.94. The Balaban J connectivity index is 1.91. The molecule has 0 aromatic carbocycles. The van der Waals surface area contributed by atoms with Crippen molar-refractivity contribution in [2.75, 3.05) is 30.4 Å². The second-order valence-electron chi connectivity index (χ2n) is 3.94. The first-order chi connectivity index (χ1) is 8.79. The van der Waals surface area contributed by atoms with Gasteiger partial charge in [-0.3, -0.25) is 0 Å². The number of aromatic nitrogens is 3. The fourth-order valence-corrected chi connectivity index (χ4v) is 1.56. The molecular weight excluding hydrogens is 230 g/mol. The lowest BCUT2D eigenvalue weighted by Crippen LogP contribution is -2.21. The normalized spacial score (nSPS) is 10.3. The summed E-state index contributed by atoms with van der Waals surface area (Å²) in [6, 6.07) is 3.87. The lowest BCUT2D eigenvalue weighted by atomic mass is 10.3. The molecule has 0 saturated heterocycles. The lowest BCUT2D eigenvalue weighted by molar-refractivity contribution is 0.304. The van der Waals surface area contributed by atoms with Gasteiger partial charge in [-0.1, -0.05) is 0 Å². The van der Waals surface area contributed by atoms with E-state index in [1.165, 1.54) is 0 Å². The number of pyridine rings is 1. The van der Waals surface area contributed by atoms with Crippen LogP contribution in [-0.4, -0.2) is 40.3 Å². The van der Waals surface area contributed by atoms with Crippen molar-refractivity contribution >= 4 is 11.5 Å². The first kappa shape index (κ1) is 12.4. The van der Waals surface area contributed by atoms with E-state index in [1.807, 2.05) is 24.1 Å². The Morgan fingerprint density at radius 3 is 2.89 bits per heavy atom. The van der Waals surface area contributed by atoms with Gasteiger partial charge < -0.3 is 20.3 Å². The zero-order chi connectivity index (χ0) is 12.8. The zero-order valence-electron chi connectivity index (χ0n) is 10.3. The van der Waals surface area contributed by atoms with Crippen LogP contribution in [0.5, 0.6) is 0 Å². The minimum atomic E-state index is 0.134. The first-order valence-electron chi connectivity index (χ1n) is 5.80. The summed E-state index contributed by atoms with van der Waals surface area (Å²) in [5.74, 6) is 1.67. The summed E-state index contributed by atoms with van der Waals surface area (Å²) in [5, 5.41) is 12.0. The molecule has 0 amide bonds. The van der Waals surface area contributed by atoms with Crippen molar-refractivity contribution in [3.8, 4) is 0 Å². The molecule has 2 aromatic heterocycles. The van der Waals surface area contributed by atoms with Crippen LogP contribution in [-0.2, 0) is 6.54 Å². The molecule has 0 fully saturated rings. The third-order valence-electron chi connectivity index (χ3n) is 2.62. The Kier molecular flexibility index (Phi) is 4.14. The topological polar surface area (TPSA) is 77.1 Å². The van der Waals surface area contributed by atoms with Crippen LogP contribution in [0.25, 0.3) is 0 Å². The number of aliphatic hydroxyl groups excluding tert-OH is 1. The average molecular weight is 247 g/mol. The number of aromatic amines is 1. The third-order valence-corrected chi connectivity index (χ3v) is 2.62. The minimum Gasteiger partial charge on any atom is -0.395 e. The highest BCUT2D eigenvalue weighted by atomic mass is 16.3. The predicted molar refractivity (Wildman–Crippen MR) is 70.5 cm³/mol. The van der Waals surface area contributed by atoms with E-state index in [2.05, 4.69) is 20.3 Å². The fourth-order valence-electron chi connectivity index (χ4n) is 1.56. The minimum absolute atomic E-state index is 0.134. The van der Waals surface area contributed by atoms with Gasteiger partial charge in [0.15, 0.2) is 0 Å². The number of imidazole rings is 1. The Morgan fingerprint density at radius 1 is 1.39 bits per heavy atom. The SMILES string of the molecule is CN(CCO)c1ccc(NCc2ncc[nH]2)nc1. The first-order valence-corrected chi connectivity index (χ1v) is 5.80. The van der Waals surface area contributed by atoms with Gasteiger partial charge in [0.2, 0.25) is 0 Å². The van der Waals surface area contributed by atoms with Crippen LogP contribution in [0.15, 0.2) is 30.7 Å². The van der Waals surface area contributed by atoms with Crippen molar-refractivity contribution in [3.63, 3.8) is 0 Å². The van der Waals surface area contributed by atoms with Crippen LogP contribution in [0.4, 0.5) is 11.5 Å². The lowest BCUT2D eigenvalue weighted by Gasteiger charge is -2.17. The number of nitrogens with zero attached hydrogens (tertiary/aromatic N) is 3. The molecule has 6 heteroatoms. The molecular formula is C12H17N5O. The van der Waals surface area contributed by atoms with Crippen molar-refractivity contribution in [1.29, 1.82) is 0 Å². The molecule has 0 aliphatic carbocycles. The smallest absolute Gasteiger partial charge is 0.126 e. The number of hydrogen-bond donors (Lipinski definition) is 3. The summed E-state index contributed by atoms with van der Waals surface area (Å²) in [5.41, 5.74) is 0.979. The van der Waals surface area contributed by atoms with Gasteiger partial charge in [-0.2, -0.15) is 0 Å². The van der Waals surface area contributed by atoms with Gasteiger partial charge in [-0.05, 0) is 12.1 Å². The molecule has 2 heterocycles. The molecule has 0 aliphatic rings. The average Bonchev–Trinajstić information content (AvgIpc) is 2.90. The molecule has 0 spiro atoms. The highest BCUT2D eigenvalue weighted by molar-refractivity contribution is 5.48. The molecule has 6 nitrogen and oxygen atoms in total. The summed E-state index contributed by atoms with van der Waals surface area (Å²) in [6.07, 6.45) is 5.29. The number of anilines is 2. The Bertz CT molecular complexity index is 454. The number of rotatable bonds is 6. The van der Waals surface area contributed by atoms with Crippen LogP contribution >= 0.6 is 0 Å². The zero-order valence-corrected chi connectivity index (χ0v) is 10.3. The highest BCUT2D eigenvalue weighted by Gasteiger charge is 2.01. The maximum atomic E-state index is 8.86.